The zero-order chi connectivity index (χ0) is 35.0. The molecule has 6 rings (SSSR count). The number of aliphatic hydroxyl groups excluding tert-OH is 1. The Bertz CT molecular complexity index is 2240. The van der Waals surface area contributed by atoms with Crippen LogP contribution < -0.4 is 14.8 Å². The molecule has 50 heavy (non-hydrogen) atoms. The van der Waals surface area contributed by atoms with Gasteiger partial charge in [-0.1, -0.05) is 36.4 Å². The van der Waals surface area contributed by atoms with Gasteiger partial charge in [0.1, 0.15) is 28.6 Å². The molecule has 3 N–H and O–H groups in total. The number of phenols is 1. The van der Waals surface area contributed by atoms with E-state index < -0.39 is 0 Å². The van der Waals surface area contributed by atoms with Crippen molar-refractivity contribution in [1.82, 2.24) is 0 Å². The maximum Gasteiger partial charge on any atom is 0.150 e. The minimum atomic E-state index is -0.0292. The Hall–Kier alpha value is -6.46. The number of fused-ring (bicyclic) bond motifs is 1. The molecule has 0 spiro atoms. The van der Waals surface area contributed by atoms with Crippen molar-refractivity contribution in [3.8, 4) is 17.2 Å². The number of benzene rings is 6. The third-order valence-corrected chi connectivity index (χ3v) is 7.95. The molecule has 6 aromatic carbocycles. The second kappa shape index (κ2) is 15.2. The molecule has 11 nitrogen and oxygen atoms in total. The van der Waals surface area contributed by atoms with Gasteiger partial charge in [-0.15, -0.1) is 15.3 Å². The molecule has 0 amide bonds. The van der Waals surface area contributed by atoms with Gasteiger partial charge < -0.3 is 25.0 Å². The molecule has 0 radical (unpaired) electrons. The molecule has 0 aliphatic heterocycles. The summed E-state index contributed by atoms with van der Waals surface area (Å²) in [4.78, 5) is 0. The number of nitrogens with zero attached hydrogens (tertiary/aromatic N) is 6. The van der Waals surface area contributed by atoms with Gasteiger partial charge in [-0.05, 0) is 96.6 Å². The Balaban J connectivity index is 1.20. The lowest BCUT2D eigenvalue weighted by Crippen LogP contribution is -1.89. The van der Waals surface area contributed by atoms with E-state index in [0.717, 1.165) is 33.5 Å². The van der Waals surface area contributed by atoms with E-state index in [2.05, 4.69) is 36.0 Å². The van der Waals surface area contributed by atoms with E-state index >= 15 is 0 Å². The maximum atomic E-state index is 11.0. The number of hydrogen-bond donors (Lipinski definition) is 3. The van der Waals surface area contributed by atoms with Gasteiger partial charge >= 0.3 is 0 Å². The summed E-state index contributed by atoms with van der Waals surface area (Å²) in [7, 11) is 3.10. The van der Waals surface area contributed by atoms with E-state index in [1.165, 1.54) is 0 Å². The molecule has 0 aliphatic carbocycles. The molecule has 0 aliphatic rings. The number of azo groups is 3. The third-order valence-electron chi connectivity index (χ3n) is 7.95. The highest BCUT2D eigenvalue weighted by Crippen LogP contribution is 2.41. The number of hydrogen-bond acceptors (Lipinski definition) is 11. The molecular formula is C39H35N7O4. The van der Waals surface area contributed by atoms with E-state index in [4.69, 9.17) is 9.47 Å². The molecule has 0 fully saturated rings. The Kier molecular flexibility index (Phi) is 10.2. The topological polar surface area (TPSA) is 145 Å². The summed E-state index contributed by atoms with van der Waals surface area (Å²) in [6.07, 6.45) is 0. The van der Waals surface area contributed by atoms with Gasteiger partial charge in [-0.3, -0.25) is 0 Å². The number of methoxy groups -OCH3 is 2. The van der Waals surface area contributed by atoms with Crippen LogP contribution in [0.4, 0.5) is 45.5 Å². The number of phenolic OH excluding ortho intramolecular Hbond substituents is 1. The molecule has 0 unspecified atom stereocenters. The lowest BCUT2D eigenvalue weighted by atomic mass is 10.1. The number of aliphatic hydroxyl groups is 1. The van der Waals surface area contributed by atoms with Gasteiger partial charge in [0.25, 0.3) is 0 Å². The van der Waals surface area contributed by atoms with Crippen molar-refractivity contribution in [2.45, 2.75) is 20.5 Å². The molecule has 250 valence electrons. The molecule has 0 heterocycles. The molecular weight excluding hydrogens is 630 g/mol. The van der Waals surface area contributed by atoms with Gasteiger partial charge in [0, 0.05) is 28.9 Å². The fourth-order valence-electron chi connectivity index (χ4n) is 5.17. The number of para-hydroxylation sites is 1. The molecule has 0 atom stereocenters. The van der Waals surface area contributed by atoms with Crippen LogP contribution in [0.1, 0.15) is 16.7 Å². The molecule has 6 aromatic rings. The predicted molar refractivity (Wildman–Crippen MR) is 196 cm³/mol. The molecule has 0 saturated heterocycles. The van der Waals surface area contributed by atoms with E-state index in [9.17, 15) is 10.2 Å². The monoisotopic (exact) mass is 665 g/mol. The van der Waals surface area contributed by atoms with Gasteiger partial charge in [0.05, 0.1) is 37.9 Å². The first-order chi connectivity index (χ1) is 24.3. The summed E-state index contributed by atoms with van der Waals surface area (Å²) in [6, 6.07) is 33.6. The van der Waals surface area contributed by atoms with Crippen LogP contribution in [0.25, 0.3) is 10.8 Å². The van der Waals surface area contributed by atoms with Crippen molar-refractivity contribution in [2.24, 2.45) is 30.7 Å². The quantitative estimate of drug-likeness (QED) is 0.118. The minimum absolute atomic E-state index is 0.0292. The Morgan fingerprint density at radius 2 is 1.14 bits per heavy atom. The number of ether oxygens (including phenoxy) is 2. The van der Waals surface area contributed by atoms with Gasteiger partial charge in [-0.25, -0.2) is 0 Å². The zero-order valence-electron chi connectivity index (χ0n) is 28.0. The highest BCUT2D eigenvalue weighted by Gasteiger charge is 2.12. The number of nitrogens with one attached hydrogen (secondary N) is 1. The highest BCUT2D eigenvalue weighted by molar-refractivity contribution is 5.94. The van der Waals surface area contributed by atoms with Crippen LogP contribution in [0.15, 0.2) is 140 Å². The second-order valence-electron chi connectivity index (χ2n) is 11.4. The first-order valence-electron chi connectivity index (χ1n) is 15.7. The van der Waals surface area contributed by atoms with Crippen LogP contribution in [0, 0.1) is 13.8 Å². The van der Waals surface area contributed by atoms with Crippen LogP contribution in [-0.4, -0.2) is 24.4 Å². The zero-order valence-corrected chi connectivity index (χ0v) is 28.0. The van der Waals surface area contributed by atoms with E-state index in [1.54, 1.807) is 62.8 Å². The Morgan fingerprint density at radius 3 is 1.74 bits per heavy atom. The first-order valence-corrected chi connectivity index (χ1v) is 15.7. The fourth-order valence-corrected chi connectivity index (χ4v) is 5.17. The van der Waals surface area contributed by atoms with Crippen LogP contribution in [0.5, 0.6) is 17.2 Å². The largest absolute Gasteiger partial charge is 0.505 e. The summed E-state index contributed by atoms with van der Waals surface area (Å²) in [6.45, 7) is 3.77. The lowest BCUT2D eigenvalue weighted by Gasteiger charge is -2.10. The summed E-state index contributed by atoms with van der Waals surface area (Å²) in [5.74, 6) is 0.959. The van der Waals surface area contributed by atoms with Crippen molar-refractivity contribution in [2.75, 3.05) is 19.5 Å². The fraction of sp³-hybridized carbons (Fsp3) is 0.128. The maximum absolute atomic E-state index is 11.0. The number of aryl methyl sites for hydroxylation is 2. The minimum Gasteiger partial charge on any atom is -0.505 e. The summed E-state index contributed by atoms with van der Waals surface area (Å²) < 4.78 is 11.2. The molecule has 0 saturated carbocycles. The van der Waals surface area contributed by atoms with Crippen LogP contribution >= 0.6 is 0 Å². The summed E-state index contributed by atoms with van der Waals surface area (Å²) in [5, 5.41) is 51.6. The number of aromatic hydroxyl groups is 1. The lowest BCUT2D eigenvalue weighted by molar-refractivity contribution is 0.282. The summed E-state index contributed by atoms with van der Waals surface area (Å²) >= 11 is 0. The van der Waals surface area contributed by atoms with Gasteiger partial charge in [-0.2, -0.15) is 15.3 Å². The van der Waals surface area contributed by atoms with E-state index in [1.807, 2.05) is 74.5 Å². The van der Waals surface area contributed by atoms with Crippen molar-refractivity contribution in [3.05, 3.63) is 126 Å². The van der Waals surface area contributed by atoms with Crippen molar-refractivity contribution >= 4 is 56.3 Å². The molecule has 0 aromatic heterocycles. The number of anilines is 2. The second-order valence-corrected chi connectivity index (χ2v) is 11.4. The van der Waals surface area contributed by atoms with Gasteiger partial charge in [0.15, 0.2) is 5.75 Å². The third kappa shape index (κ3) is 7.64. The normalized spacial score (nSPS) is 11.6. The number of rotatable bonds is 11. The molecule has 11 heteroatoms. The van der Waals surface area contributed by atoms with E-state index in [0.29, 0.717) is 51.0 Å². The van der Waals surface area contributed by atoms with Crippen LogP contribution in [0.2, 0.25) is 0 Å². The average molecular weight is 666 g/mol. The average Bonchev–Trinajstić information content (AvgIpc) is 3.14. The summed E-state index contributed by atoms with van der Waals surface area (Å²) in [5.41, 5.74) is 7.50. The standard InChI is InChI=1S/C39H35N7O4/c1-24-18-36(37(49-3)21-33(24)43-41-29-13-10-26(23-47)11-14-29)46-44-34-22-38(50-4)35(19-25(34)2)45-42-32-17-12-27-20-30(15-16-31(27)39(32)48)40-28-8-6-5-7-9-28/h5-22,40,47-48H,23H2,1-4H3. The highest BCUT2D eigenvalue weighted by atomic mass is 16.5. The van der Waals surface area contributed by atoms with Gasteiger partial charge in [0.2, 0.25) is 0 Å². The smallest absolute Gasteiger partial charge is 0.150 e. The molecule has 0 bridgehead atoms. The van der Waals surface area contributed by atoms with Crippen LogP contribution in [0.3, 0.4) is 0 Å². The first kappa shape index (κ1) is 33.4. The Labute approximate surface area is 289 Å². The predicted octanol–water partition coefficient (Wildman–Crippen LogP) is 11.7. The van der Waals surface area contributed by atoms with Crippen molar-refractivity contribution < 1.29 is 19.7 Å². The van der Waals surface area contributed by atoms with E-state index in [-0.39, 0.29) is 12.4 Å². The SMILES string of the molecule is COc1cc(N=Nc2ccc(CO)cc2)c(C)cc1N=Nc1cc(OC)c(N=Nc2ccc3cc(Nc4ccccc4)ccc3c2O)cc1C. The van der Waals surface area contributed by atoms with Crippen LogP contribution in [-0.2, 0) is 6.61 Å². The Morgan fingerprint density at radius 1 is 0.560 bits per heavy atom. The van der Waals surface area contributed by atoms with Crippen molar-refractivity contribution in [1.29, 1.82) is 0 Å². The van der Waals surface area contributed by atoms with Crippen molar-refractivity contribution in [3.63, 3.8) is 0 Å².